The van der Waals surface area contributed by atoms with Crippen molar-refractivity contribution in [3.8, 4) is 5.75 Å². The minimum atomic E-state index is -3.64. The SMILES string of the molecule is COc1ccc(N([C@@H](C)C(=O)NCc2ccccc2C)S(C)(=O)=O)cc1. The fourth-order valence-corrected chi connectivity index (χ4v) is 3.85. The van der Waals surface area contributed by atoms with E-state index in [9.17, 15) is 13.2 Å². The second-order valence-corrected chi connectivity index (χ2v) is 7.94. The molecule has 0 aliphatic carbocycles. The highest BCUT2D eigenvalue weighted by Crippen LogP contribution is 2.23. The molecule has 0 radical (unpaired) electrons. The largest absolute Gasteiger partial charge is 0.497 e. The first-order chi connectivity index (χ1) is 12.2. The lowest BCUT2D eigenvalue weighted by molar-refractivity contribution is -0.122. The number of carbonyl (C=O) groups excluding carboxylic acids is 1. The van der Waals surface area contributed by atoms with Crippen molar-refractivity contribution in [2.24, 2.45) is 0 Å². The molecule has 0 heterocycles. The number of nitrogens with zero attached hydrogens (tertiary/aromatic N) is 1. The maximum Gasteiger partial charge on any atom is 0.243 e. The van der Waals surface area contributed by atoms with Crippen molar-refractivity contribution >= 4 is 21.6 Å². The summed E-state index contributed by atoms with van der Waals surface area (Å²) in [6.45, 7) is 3.87. The highest BCUT2D eigenvalue weighted by Gasteiger charge is 2.29. The van der Waals surface area contributed by atoms with E-state index in [1.165, 1.54) is 7.11 Å². The molecule has 140 valence electrons. The Balaban J connectivity index is 2.19. The molecule has 1 amide bonds. The molecule has 0 spiro atoms. The molecule has 6 nitrogen and oxygen atoms in total. The molecule has 26 heavy (non-hydrogen) atoms. The van der Waals surface area contributed by atoms with Gasteiger partial charge in [0.2, 0.25) is 15.9 Å². The summed E-state index contributed by atoms with van der Waals surface area (Å²) >= 11 is 0. The number of hydrogen-bond donors (Lipinski definition) is 1. The highest BCUT2D eigenvalue weighted by atomic mass is 32.2. The number of benzene rings is 2. The van der Waals surface area contributed by atoms with Crippen molar-refractivity contribution in [1.82, 2.24) is 5.32 Å². The smallest absolute Gasteiger partial charge is 0.243 e. The van der Waals surface area contributed by atoms with Crippen molar-refractivity contribution in [3.63, 3.8) is 0 Å². The number of amides is 1. The second kappa shape index (κ2) is 8.23. The summed E-state index contributed by atoms with van der Waals surface area (Å²) in [5.41, 5.74) is 2.46. The minimum Gasteiger partial charge on any atom is -0.497 e. The number of ether oxygens (including phenoxy) is 1. The topological polar surface area (TPSA) is 75.7 Å². The van der Waals surface area contributed by atoms with Gasteiger partial charge in [-0.25, -0.2) is 8.42 Å². The molecule has 0 bridgehead atoms. The third-order valence-electron chi connectivity index (χ3n) is 4.13. The van der Waals surface area contributed by atoms with Crippen molar-refractivity contribution in [2.75, 3.05) is 17.7 Å². The van der Waals surface area contributed by atoms with Crippen molar-refractivity contribution in [1.29, 1.82) is 0 Å². The predicted octanol–water partition coefficient (Wildman–Crippen LogP) is 2.47. The Bertz CT molecular complexity index is 863. The standard InChI is InChI=1S/C19H24N2O4S/c1-14-7-5-6-8-16(14)13-20-19(22)15(2)21(26(4,23)24)17-9-11-18(25-3)12-10-17/h5-12,15H,13H2,1-4H3,(H,20,22)/t15-/m0/s1. The van der Waals surface area contributed by atoms with Gasteiger partial charge in [0.05, 0.1) is 19.1 Å². The lowest BCUT2D eigenvalue weighted by Gasteiger charge is -2.28. The number of rotatable bonds is 7. The van der Waals surface area contributed by atoms with E-state index < -0.39 is 16.1 Å². The molecule has 2 aromatic carbocycles. The Hall–Kier alpha value is -2.54. The zero-order chi connectivity index (χ0) is 19.3. The molecule has 0 fully saturated rings. The molecule has 0 aliphatic heterocycles. The Labute approximate surface area is 154 Å². The lowest BCUT2D eigenvalue weighted by Crippen LogP contribution is -2.47. The molecule has 0 aromatic heterocycles. The maximum atomic E-state index is 12.6. The van der Waals surface area contributed by atoms with E-state index >= 15 is 0 Å². The summed E-state index contributed by atoms with van der Waals surface area (Å²) in [4.78, 5) is 12.6. The Morgan fingerprint density at radius 3 is 2.31 bits per heavy atom. The van der Waals surface area contributed by atoms with Crippen LogP contribution >= 0.6 is 0 Å². The summed E-state index contributed by atoms with van der Waals surface area (Å²) in [5, 5.41) is 2.81. The Kier molecular flexibility index (Phi) is 6.26. The van der Waals surface area contributed by atoms with Crippen LogP contribution in [0.3, 0.4) is 0 Å². The van der Waals surface area contributed by atoms with Gasteiger partial charge in [-0.2, -0.15) is 0 Å². The molecule has 0 unspecified atom stereocenters. The van der Waals surface area contributed by atoms with Crippen molar-refractivity contribution in [3.05, 3.63) is 59.7 Å². The summed E-state index contributed by atoms with van der Waals surface area (Å²) in [7, 11) is -2.11. The molecular formula is C19H24N2O4S. The van der Waals surface area contributed by atoms with Crippen LogP contribution in [0.5, 0.6) is 5.75 Å². The molecule has 2 aromatic rings. The van der Waals surface area contributed by atoms with Crippen LogP contribution in [-0.4, -0.2) is 33.7 Å². The van der Waals surface area contributed by atoms with E-state index in [-0.39, 0.29) is 5.91 Å². The number of sulfonamides is 1. The van der Waals surface area contributed by atoms with Gasteiger partial charge in [-0.15, -0.1) is 0 Å². The average Bonchev–Trinajstić information content (AvgIpc) is 2.60. The molecular weight excluding hydrogens is 352 g/mol. The van der Waals surface area contributed by atoms with E-state index in [1.807, 2.05) is 31.2 Å². The van der Waals surface area contributed by atoms with Gasteiger partial charge in [-0.3, -0.25) is 9.10 Å². The molecule has 0 saturated heterocycles. The van der Waals surface area contributed by atoms with Gasteiger partial charge in [0.25, 0.3) is 0 Å². The zero-order valence-electron chi connectivity index (χ0n) is 15.4. The van der Waals surface area contributed by atoms with E-state index in [4.69, 9.17) is 4.74 Å². The highest BCUT2D eigenvalue weighted by molar-refractivity contribution is 7.92. The van der Waals surface area contributed by atoms with Crippen molar-refractivity contribution < 1.29 is 17.9 Å². The van der Waals surface area contributed by atoms with E-state index in [2.05, 4.69) is 5.32 Å². The average molecular weight is 376 g/mol. The summed E-state index contributed by atoms with van der Waals surface area (Å²) in [6.07, 6.45) is 1.09. The maximum absolute atomic E-state index is 12.6. The molecule has 0 aliphatic rings. The van der Waals surface area contributed by atoms with Crippen LogP contribution in [0.1, 0.15) is 18.1 Å². The number of aryl methyl sites for hydroxylation is 1. The molecule has 2 rings (SSSR count). The van der Waals surface area contributed by atoms with Crippen LogP contribution in [0.2, 0.25) is 0 Å². The predicted molar refractivity (Wildman–Crippen MR) is 103 cm³/mol. The second-order valence-electron chi connectivity index (χ2n) is 6.08. The van der Waals surface area contributed by atoms with Gasteiger partial charge >= 0.3 is 0 Å². The number of carbonyl (C=O) groups is 1. The summed E-state index contributed by atoms with van der Waals surface area (Å²) < 4.78 is 30.8. The van der Waals surface area contributed by atoms with Gasteiger partial charge < -0.3 is 10.1 Å². The first-order valence-electron chi connectivity index (χ1n) is 8.19. The van der Waals surface area contributed by atoms with Gasteiger partial charge in [-0.05, 0) is 49.2 Å². The Morgan fingerprint density at radius 1 is 1.15 bits per heavy atom. The van der Waals surface area contributed by atoms with Crippen LogP contribution < -0.4 is 14.4 Å². The van der Waals surface area contributed by atoms with Crippen LogP contribution in [0.25, 0.3) is 0 Å². The molecule has 1 atom stereocenters. The van der Waals surface area contributed by atoms with Crippen LogP contribution in [-0.2, 0) is 21.4 Å². The quantitative estimate of drug-likeness (QED) is 0.805. The minimum absolute atomic E-state index is 0.343. The van der Waals surface area contributed by atoms with Gasteiger partial charge in [-0.1, -0.05) is 24.3 Å². The first kappa shape index (κ1) is 19.8. The van der Waals surface area contributed by atoms with Crippen LogP contribution in [0.15, 0.2) is 48.5 Å². The number of hydrogen-bond acceptors (Lipinski definition) is 4. The summed E-state index contributed by atoms with van der Waals surface area (Å²) in [6, 6.07) is 13.4. The third kappa shape index (κ3) is 4.76. The number of methoxy groups -OCH3 is 1. The number of nitrogens with one attached hydrogen (secondary N) is 1. The van der Waals surface area contributed by atoms with E-state index in [0.717, 1.165) is 21.7 Å². The normalized spacial score (nSPS) is 12.3. The van der Waals surface area contributed by atoms with E-state index in [0.29, 0.717) is 18.0 Å². The molecule has 7 heteroatoms. The van der Waals surface area contributed by atoms with E-state index in [1.54, 1.807) is 31.2 Å². The Morgan fingerprint density at radius 2 is 1.77 bits per heavy atom. The van der Waals surface area contributed by atoms with Gasteiger partial charge in [0.1, 0.15) is 11.8 Å². The number of anilines is 1. The van der Waals surface area contributed by atoms with Crippen molar-refractivity contribution in [2.45, 2.75) is 26.4 Å². The monoisotopic (exact) mass is 376 g/mol. The van der Waals surface area contributed by atoms with Gasteiger partial charge in [0.15, 0.2) is 0 Å². The third-order valence-corrected chi connectivity index (χ3v) is 5.37. The fourth-order valence-electron chi connectivity index (χ4n) is 2.68. The van der Waals surface area contributed by atoms with Gasteiger partial charge in [0, 0.05) is 6.54 Å². The molecule has 0 saturated carbocycles. The zero-order valence-corrected chi connectivity index (χ0v) is 16.2. The molecule has 1 N–H and O–H groups in total. The fraction of sp³-hybridized carbons (Fsp3) is 0.316. The summed E-state index contributed by atoms with van der Waals surface area (Å²) in [5.74, 6) is 0.244. The van der Waals surface area contributed by atoms with Crippen LogP contribution in [0.4, 0.5) is 5.69 Å². The first-order valence-corrected chi connectivity index (χ1v) is 10.0. The lowest BCUT2D eigenvalue weighted by atomic mass is 10.1. The van der Waals surface area contributed by atoms with Crippen LogP contribution in [0, 0.1) is 6.92 Å².